The molecule has 31 heavy (non-hydrogen) atoms. The van der Waals surface area contributed by atoms with Crippen molar-refractivity contribution in [3.05, 3.63) is 71.9 Å². The number of H-pyrrole nitrogens is 1. The second-order valence-electron chi connectivity index (χ2n) is 8.69. The number of carbonyl (C=O) groups excluding carboxylic acids is 1. The predicted molar refractivity (Wildman–Crippen MR) is 126 cm³/mol. The summed E-state index contributed by atoms with van der Waals surface area (Å²) in [5.74, 6) is 0.255. The fraction of sp³-hybridized carbons (Fsp3) is 0.400. The zero-order chi connectivity index (χ0) is 20.4. The number of nitrogens with one attached hydrogen (secondary N) is 2. The summed E-state index contributed by atoms with van der Waals surface area (Å²) in [4.78, 5) is 18.1. The summed E-state index contributed by atoms with van der Waals surface area (Å²) < 4.78 is 5.91. The van der Waals surface area contributed by atoms with Gasteiger partial charge in [0, 0.05) is 42.4 Å². The van der Waals surface area contributed by atoms with Gasteiger partial charge in [-0.3, -0.25) is 0 Å². The Morgan fingerprint density at radius 2 is 1.77 bits per heavy atom. The minimum Gasteiger partial charge on any atom is -0.441 e. The molecule has 2 saturated heterocycles. The quantitative estimate of drug-likeness (QED) is 0.575. The Bertz CT molecular complexity index is 1010. The highest BCUT2D eigenvalue weighted by molar-refractivity contribution is 5.85. The van der Waals surface area contributed by atoms with Crippen LogP contribution in [0.4, 0.5) is 4.79 Å². The van der Waals surface area contributed by atoms with Gasteiger partial charge >= 0.3 is 6.09 Å². The fourth-order valence-electron chi connectivity index (χ4n) is 5.00. The molecule has 5 nitrogen and oxygen atoms in total. The van der Waals surface area contributed by atoms with Crippen LogP contribution in [0.3, 0.4) is 0 Å². The van der Waals surface area contributed by atoms with Crippen LogP contribution in [0.15, 0.2) is 60.8 Å². The van der Waals surface area contributed by atoms with E-state index in [2.05, 4.69) is 71.1 Å². The average Bonchev–Trinajstić information content (AvgIpc) is 3.33. The molecule has 1 aromatic heterocycles. The second kappa shape index (κ2) is 9.33. The average molecular weight is 440 g/mol. The van der Waals surface area contributed by atoms with Gasteiger partial charge < -0.3 is 19.9 Å². The summed E-state index contributed by atoms with van der Waals surface area (Å²) in [7, 11) is 0. The van der Waals surface area contributed by atoms with Crippen molar-refractivity contribution >= 4 is 29.4 Å². The number of rotatable bonds is 6. The molecule has 164 valence electrons. The molecule has 3 aromatic rings. The molecule has 1 unspecified atom stereocenters. The standard InChI is InChI=1S/C25H29N3O2.ClH/c29-24-28(18-25(30-24)12-14-26-15-13-25)17-20(11-10-19-6-2-1-3-7-19)22-16-27-23-9-5-4-8-21(22)23;/h1-9,16,20,26-27H,10-15,17-18H2;1H. The molecule has 2 aliphatic rings. The molecule has 0 aliphatic carbocycles. The first kappa shape index (κ1) is 21.7. The van der Waals surface area contributed by atoms with Crippen LogP contribution in [0.25, 0.3) is 10.9 Å². The smallest absolute Gasteiger partial charge is 0.410 e. The second-order valence-corrected chi connectivity index (χ2v) is 8.69. The van der Waals surface area contributed by atoms with Gasteiger partial charge in [0.25, 0.3) is 0 Å². The number of carbonyl (C=O) groups is 1. The van der Waals surface area contributed by atoms with Gasteiger partial charge in [-0.2, -0.15) is 0 Å². The van der Waals surface area contributed by atoms with Crippen LogP contribution in [-0.4, -0.2) is 47.8 Å². The maximum atomic E-state index is 12.8. The first-order valence-corrected chi connectivity index (χ1v) is 11.0. The van der Waals surface area contributed by atoms with Crippen LogP contribution in [-0.2, 0) is 11.2 Å². The van der Waals surface area contributed by atoms with E-state index in [1.165, 1.54) is 16.5 Å². The molecular weight excluding hydrogens is 410 g/mol. The topological polar surface area (TPSA) is 57.4 Å². The Labute approximate surface area is 189 Å². The van der Waals surface area contributed by atoms with Crippen molar-refractivity contribution < 1.29 is 9.53 Å². The molecule has 2 fully saturated rings. The van der Waals surface area contributed by atoms with Crippen molar-refractivity contribution in [3.63, 3.8) is 0 Å². The van der Waals surface area contributed by atoms with Crippen LogP contribution in [0.1, 0.15) is 36.3 Å². The Morgan fingerprint density at radius 1 is 1.03 bits per heavy atom. The van der Waals surface area contributed by atoms with E-state index in [1.54, 1.807) is 0 Å². The number of para-hydroxylation sites is 1. The minimum absolute atomic E-state index is 0. The molecule has 2 aromatic carbocycles. The molecule has 1 atom stereocenters. The molecule has 1 amide bonds. The molecule has 6 heteroatoms. The first-order chi connectivity index (χ1) is 14.7. The largest absolute Gasteiger partial charge is 0.441 e. The third-order valence-corrected chi connectivity index (χ3v) is 6.68. The van der Waals surface area contributed by atoms with Gasteiger partial charge in [-0.05, 0) is 43.1 Å². The van der Waals surface area contributed by atoms with Crippen molar-refractivity contribution in [2.75, 3.05) is 26.2 Å². The van der Waals surface area contributed by atoms with E-state index in [0.29, 0.717) is 13.1 Å². The van der Waals surface area contributed by atoms with Crippen molar-refractivity contribution in [2.45, 2.75) is 37.2 Å². The normalized spacial score (nSPS) is 18.7. The Kier molecular flexibility index (Phi) is 6.54. The molecular formula is C25H30ClN3O2. The highest BCUT2D eigenvalue weighted by Crippen LogP contribution is 2.35. The zero-order valence-electron chi connectivity index (χ0n) is 17.7. The lowest BCUT2D eigenvalue weighted by molar-refractivity contribution is 0.0316. The van der Waals surface area contributed by atoms with E-state index >= 15 is 0 Å². The van der Waals surface area contributed by atoms with E-state index in [4.69, 9.17) is 4.74 Å². The monoisotopic (exact) mass is 439 g/mol. The third-order valence-electron chi connectivity index (χ3n) is 6.68. The lowest BCUT2D eigenvalue weighted by Gasteiger charge is -2.31. The number of aromatic amines is 1. The Morgan fingerprint density at radius 3 is 2.58 bits per heavy atom. The van der Waals surface area contributed by atoms with Gasteiger partial charge in [0.2, 0.25) is 0 Å². The number of hydrogen-bond donors (Lipinski definition) is 2. The summed E-state index contributed by atoms with van der Waals surface area (Å²) in [5.41, 5.74) is 3.48. The Balaban J connectivity index is 0.00000231. The van der Waals surface area contributed by atoms with Crippen LogP contribution in [0, 0.1) is 0 Å². The summed E-state index contributed by atoms with van der Waals surface area (Å²) in [6, 6.07) is 19.0. The van der Waals surface area contributed by atoms with E-state index in [9.17, 15) is 4.79 Å². The number of nitrogens with zero attached hydrogens (tertiary/aromatic N) is 1. The number of piperidine rings is 1. The van der Waals surface area contributed by atoms with E-state index in [0.717, 1.165) is 44.3 Å². The first-order valence-electron chi connectivity index (χ1n) is 11.0. The van der Waals surface area contributed by atoms with Crippen LogP contribution in [0.2, 0.25) is 0 Å². The molecule has 0 bridgehead atoms. The molecule has 5 rings (SSSR count). The third kappa shape index (κ3) is 4.58. The summed E-state index contributed by atoms with van der Waals surface area (Å²) in [6.45, 7) is 3.24. The van der Waals surface area contributed by atoms with Gasteiger partial charge in [0.15, 0.2) is 0 Å². The summed E-state index contributed by atoms with van der Waals surface area (Å²) in [5, 5.41) is 4.62. The minimum atomic E-state index is -0.299. The number of benzene rings is 2. The van der Waals surface area contributed by atoms with Gasteiger partial charge in [-0.15, -0.1) is 12.4 Å². The van der Waals surface area contributed by atoms with Crippen molar-refractivity contribution in [3.8, 4) is 0 Å². The molecule has 3 heterocycles. The van der Waals surface area contributed by atoms with E-state index in [1.807, 2.05) is 4.90 Å². The molecule has 1 spiro atoms. The molecule has 2 aliphatic heterocycles. The van der Waals surface area contributed by atoms with Crippen LogP contribution in [0.5, 0.6) is 0 Å². The van der Waals surface area contributed by atoms with Gasteiger partial charge in [0.1, 0.15) is 5.60 Å². The van der Waals surface area contributed by atoms with Crippen molar-refractivity contribution in [1.82, 2.24) is 15.2 Å². The van der Waals surface area contributed by atoms with Crippen LogP contribution < -0.4 is 5.32 Å². The lowest BCUT2D eigenvalue weighted by Crippen LogP contribution is -2.45. The lowest BCUT2D eigenvalue weighted by atomic mass is 9.90. The van der Waals surface area contributed by atoms with Gasteiger partial charge in [-0.1, -0.05) is 48.5 Å². The van der Waals surface area contributed by atoms with Gasteiger partial charge in [0.05, 0.1) is 6.54 Å². The zero-order valence-corrected chi connectivity index (χ0v) is 18.5. The molecule has 0 radical (unpaired) electrons. The highest BCUT2D eigenvalue weighted by Gasteiger charge is 2.46. The maximum Gasteiger partial charge on any atom is 0.410 e. The number of fused-ring (bicyclic) bond motifs is 1. The number of ether oxygens (including phenoxy) is 1. The molecule has 2 N–H and O–H groups in total. The van der Waals surface area contributed by atoms with Crippen molar-refractivity contribution in [2.24, 2.45) is 0 Å². The number of aryl methyl sites for hydroxylation is 1. The predicted octanol–water partition coefficient (Wildman–Crippen LogP) is 4.88. The van der Waals surface area contributed by atoms with Crippen LogP contribution >= 0.6 is 12.4 Å². The maximum absolute atomic E-state index is 12.8. The number of halogens is 1. The fourth-order valence-corrected chi connectivity index (χ4v) is 5.00. The number of hydrogen-bond acceptors (Lipinski definition) is 3. The van der Waals surface area contributed by atoms with E-state index in [-0.39, 0.29) is 30.0 Å². The Hall–Kier alpha value is -2.50. The SMILES string of the molecule is Cl.O=C1OC2(CCNCC2)CN1CC(CCc1ccccc1)c1c[nH]c2ccccc12. The summed E-state index contributed by atoms with van der Waals surface area (Å²) in [6.07, 6.45) is 5.75. The number of aromatic nitrogens is 1. The van der Waals surface area contributed by atoms with Gasteiger partial charge in [-0.25, -0.2) is 4.79 Å². The molecule has 0 saturated carbocycles. The van der Waals surface area contributed by atoms with Crippen molar-refractivity contribution in [1.29, 1.82) is 0 Å². The van der Waals surface area contributed by atoms with E-state index < -0.39 is 0 Å². The number of amides is 1. The highest BCUT2D eigenvalue weighted by atomic mass is 35.5. The summed E-state index contributed by atoms with van der Waals surface area (Å²) >= 11 is 0.